The van der Waals surface area contributed by atoms with Gasteiger partial charge in [0.1, 0.15) is 18.2 Å². The molecule has 0 unspecified atom stereocenters. The molecule has 0 saturated heterocycles. The van der Waals surface area contributed by atoms with Crippen molar-refractivity contribution in [1.82, 2.24) is 19.4 Å². The van der Waals surface area contributed by atoms with Gasteiger partial charge < -0.3 is 14.6 Å². The fraction of sp³-hybridized carbons (Fsp3) is 0.280. The Morgan fingerprint density at radius 1 is 1.16 bits per heavy atom. The zero-order valence-electron chi connectivity index (χ0n) is 18.6. The van der Waals surface area contributed by atoms with Gasteiger partial charge in [0.25, 0.3) is 5.56 Å². The summed E-state index contributed by atoms with van der Waals surface area (Å²) in [5.41, 5.74) is 5.04. The quantitative estimate of drug-likeness (QED) is 0.525. The molecule has 0 fully saturated rings. The molecular weight excluding hydrogens is 407 g/mol. The number of fused-ring (bicyclic) bond motifs is 3. The van der Waals surface area contributed by atoms with Crippen LogP contribution in [0.2, 0.25) is 0 Å². The normalized spacial score (nSPS) is 12.8. The highest BCUT2D eigenvalue weighted by atomic mass is 19.1. The van der Waals surface area contributed by atoms with Crippen molar-refractivity contribution in [3.8, 4) is 11.4 Å². The molecule has 0 amide bonds. The molecule has 7 heteroatoms. The fourth-order valence-electron chi connectivity index (χ4n) is 4.04. The van der Waals surface area contributed by atoms with Crippen LogP contribution in [0, 0.1) is 5.82 Å². The molecule has 0 saturated carbocycles. The van der Waals surface area contributed by atoms with Gasteiger partial charge in [-0.25, -0.2) is 4.39 Å². The molecule has 0 aliphatic carbocycles. The lowest BCUT2D eigenvalue weighted by molar-refractivity contribution is 0.300. The molecule has 0 atom stereocenters. The Bertz CT molecular complexity index is 1290. The van der Waals surface area contributed by atoms with Crippen molar-refractivity contribution in [2.45, 2.75) is 33.4 Å². The van der Waals surface area contributed by atoms with Gasteiger partial charge in [-0.1, -0.05) is 19.9 Å². The summed E-state index contributed by atoms with van der Waals surface area (Å²) in [5.74, 6) is 0.0533. The van der Waals surface area contributed by atoms with Crippen molar-refractivity contribution in [2.24, 2.45) is 7.05 Å². The number of pyridine rings is 2. The minimum atomic E-state index is -0.395. The Morgan fingerprint density at radius 2 is 2.00 bits per heavy atom. The van der Waals surface area contributed by atoms with E-state index in [2.05, 4.69) is 34.0 Å². The number of hydrogen-bond donors (Lipinski definition) is 1. The molecule has 0 bridgehead atoms. The van der Waals surface area contributed by atoms with Gasteiger partial charge in [-0.05, 0) is 48.9 Å². The number of rotatable bonds is 4. The second-order valence-electron chi connectivity index (χ2n) is 7.44. The number of benzene rings is 1. The van der Waals surface area contributed by atoms with E-state index >= 15 is 0 Å². The first kappa shape index (κ1) is 21.8. The highest BCUT2D eigenvalue weighted by molar-refractivity contribution is 5.87. The van der Waals surface area contributed by atoms with Crippen molar-refractivity contribution in [3.63, 3.8) is 0 Å². The molecule has 6 nitrogen and oxygen atoms in total. The van der Waals surface area contributed by atoms with E-state index in [0.29, 0.717) is 11.4 Å². The Kier molecular flexibility index (Phi) is 6.37. The molecule has 5 rings (SSSR count). The molecule has 4 heterocycles. The Morgan fingerprint density at radius 3 is 2.75 bits per heavy atom. The van der Waals surface area contributed by atoms with E-state index < -0.39 is 5.82 Å². The van der Waals surface area contributed by atoms with Crippen molar-refractivity contribution in [3.05, 3.63) is 88.0 Å². The molecular formula is C25H27FN4O2. The molecule has 166 valence electrons. The summed E-state index contributed by atoms with van der Waals surface area (Å²) in [6, 6.07) is 12.2. The smallest absolute Gasteiger partial charge is 0.258 e. The summed E-state index contributed by atoms with van der Waals surface area (Å²) in [5, 5.41) is 4.67. The number of nitrogens with zero attached hydrogens (tertiary/aromatic N) is 3. The average Bonchev–Trinajstić information content (AvgIpc) is 3.12. The lowest BCUT2D eigenvalue weighted by Gasteiger charge is -2.14. The van der Waals surface area contributed by atoms with Crippen LogP contribution < -0.4 is 15.6 Å². The van der Waals surface area contributed by atoms with Gasteiger partial charge in [0, 0.05) is 36.9 Å². The van der Waals surface area contributed by atoms with Gasteiger partial charge in [0.15, 0.2) is 0 Å². The van der Waals surface area contributed by atoms with Crippen LogP contribution in [0.3, 0.4) is 0 Å². The van der Waals surface area contributed by atoms with Crippen molar-refractivity contribution in [2.75, 3.05) is 6.54 Å². The minimum absolute atomic E-state index is 0.165. The molecule has 0 radical (unpaired) electrons. The maximum absolute atomic E-state index is 12.9. The second-order valence-corrected chi connectivity index (χ2v) is 7.44. The van der Waals surface area contributed by atoms with Gasteiger partial charge >= 0.3 is 0 Å². The molecule has 0 spiro atoms. The zero-order valence-corrected chi connectivity index (χ0v) is 18.6. The largest absolute Gasteiger partial charge is 0.487 e. The Balaban J connectivity index is 0.00000119. The summed E-state index contributed by atoms with van der Waals surface area (Å²) < 4.78 is 22.4. The van der Waals surface area contributed by atoms with Gasteiger partial charge in [-0.15, -0.1) is 0 Å². The van der Waals surface area contributed by atoms with E-state index in [-0.39, 0.29) is 12.2 Å². The van der Waals surface area contributed by atoms with E-state index in [0.717, 1.165) is 36.9 Å². The Hall–Kier alpha value is -3.45. The van der Waals surface area contributed by atoms with Crippen LogP contribution in [-0.4, -0.2) is 20.7 Å². The van der Waals surface area contributed by atoms with E-state index in [1.807, 2.05) is 19.9 Å². The Labute approximate surface area is 186 Å². The number of halogens is 1. The fourth-order valence-corrected chi connectivity index (χ4v) is 4.04. The number of hydrogen-bond acceptors (Lipinski definition) is 4. The van der Waals surface area contributed by atoms with Crippen molar-refractivity contribution in [1.29, 1.82) is 0 Å². The molecule has 1 aliphatic rings. The summed E-state index contributed by atoms with van der Waals surface area (Å²) in [6.07, 6.45) is 3.87. The molecule has 32 heavy (non-hydrogen) atoms. The minimum Gasteiger partial charge on any atom is -0.487 e. The van der Waals surface area contributed by atoms with Crippen molar-refractivity contribution >= 4 is 10.9 Å². The topological polar surface area (TPSA) is 61.1 Å². The van der Waals surface area contributed by atoms with E-state index in [1.165, 1.54) is 28.8 Å². The van der Waals surface area contributed by atoms with Crippen LogP contribution in [0.15, 0.2) is 59.7 Å². The number of aryl methyl sites for hydroxylation is 1. The number of ether oxygens (including phenoxy) is 1. The standard InChI is InChI=1S/C23H21FN4O2.C2H6/c1-27-21-10-17(4-5-19(21)20-6-8-25-13-22(20)27)28-9-7-18(11-23(28)29)30-14-16-3-2-15(24)12-26-16;1-2/h2-5,7,9-12,25H,6,8,13-14H2,1H3;1-2H3. The lowest BCUT2D eigenvalue weighted by Crippen LogP contribution is -2.24. The zero-order chi connectivity index (χ0) is 22.7. The summed E-state index contributed by atoms with van der Waals surface area (Å²) in [4.78, 5) is 16.7. The van der Waals surface area contributed by atoms with Gasteiger partial charge in [0.2, 0.25) is 0 Å². The third-order valence-electron chi connectivity index (χ3n) is 5.61. The second kappa shape index (κ2) is 9.36. The molecule has 1 aliphatic heterocycles. The first-order chi connectivity index (χ1) is 15.6. The third-order valence-corrected chi connectivity index (χ3v) is 5.61. The molecule has 4 aromatic rings. The number of aromatic nitrogens is 3. The first-order valence-corrected chi connectivity index (χ1v) is 10.9. The van der Waals surface area contributed by atoms with E-state index in [9.17, 15) is 9.18 Å². The van der Waals surface area contributed by atoms with Crippen LogP contribution >= 0.6 is 0 Å². The van der Waals surface area contributed by atoms with Crippen LogP contribution in [0.25, 0.3) is 16.6 Å². The van der Waals surface area contributed by atoms with E-state index in [1.54, 1.807) is 22.9 Å². The number of nitrogens with one attached hydrogen (secondary N) is 1. The summed E-state index contributed by atoms with van der Waals surface area (Å²) in [6.45, 7) is 6.02. The van der Waals surface area contributed by atoms with Gasteiger partial charge in [-0.2, -0.15) is 0 Å². The first-order valence-electron chi connectivity index (χ1n) is 10.9. The van der Waals surface area contributed by atoms with Gasteiger partial charge in [0.05, 0.1) is 23.1 Å². The predicted molar refractivity (Wildman–Crippen MR) is 124 cm³/mol. The molecule has 1 N–H and O–H groups in total. The summed E-state index contributed by atoms with van der Waals surface area (Å²) in [7, 11) is 2.07. The maximum Gasteiger partial charge on any atom is 0.258 e. The predicted octanol–water partition coefficient (Wildman–Crippen LogP) is 4.11. The average molecular weight is 435 g/mol. The van der Waals surface area contributed by atoms with Crippen LogP contribution in [0.4, 0.5) is 4.39 Å². The highest BCUT2D eigenvalue weighted by Crippen LogP contribution is 2.29. The summed E-state index contributed by atoms with van der Waals surface area (Å²) >= 11 is 0. The molecule has 3 aromatic heterocycles. The van der Waals surface area contributed by atoms with Crippen molar-refractivity contribution < 1.29 is 9.13 Å². The van der Waals surface area contributed by atoms with Crippen LogP contribution in [0.1, 0.15) is 30.8 Å². The highest BCUT2D eigenvalue weighted by Gasteiger charge is 2.18. The lowest BCUT2D eigenvalue weighted by atomic mass is 10.0. The van der Waals surface area contributed by atoms with Crippen LogP contribution in [-0.2, 0) is 26.6 Å². The SMILES string of the molecule is CC.Cn1c2c(c3ccc(-n4ccc(OCc5ccc(F)cn5)cc4=O)cc31)CCNC2. The van der Waals surface area contributed by atoms with Crippen LogP contribution in [0.5, 0.6) is 5.75 Å². The maximum atomic E-state index is 12.9. The third kappa shape index (κ3) is 4.16. The van der Waals surface area contributed by atoms with Gasteiger partial charge in [-0.3, -0.25) is 14.3 Å². The van der Waals surface area contributed by atoms with E-state index in [4.69, 9.17) is 4.74 Å². The molecule has 1 aromatic carbocycles. The monoisotopic (exact) mass is 434 g/mol.